The van der Waals surface area contributed by atoms with Gasteiger partial charge >= 0.3 is 12.0 Å². The van der Waals surface area contributed by atoms with Gasteiger partial charge in [-0.25, -0.2) is 9.59 Å². The molecule has 0 spiro atoms. The Morgan fingerprint density at radius 2 is 2.07 bits per heavy atom. The van der Waals surface area contributed by atoms with Crippen LogP contribution in [0.15, 0.2) is 40.4 Å². The van der Waals surface area contributed by atoms with Crippen molar-refractivity contribution in [2.45, 2.75) is 6.54 Å². The first kappa shape index (κ1) is 20.5. The van der Waals surface area contributed by atoms with E-state index in [4.69, 9.17) is 19.2 Å². The molecule has 1 aromatic heterocycles. The van der Waals surface area contributed by atoms with Crippen LogP contribution in [0.2, 0.25) is 0 Å². The smallest absolute Gasteiger partial charge is 0.373 e. The van der Waals surface area contributed by atoms with Gasteiger partial charge in [0.05, 0.1) is 20.8 Å². The highest BCUT2D eigenvalue weighted by molar-refractivity contribution is 6.14. The van der Waals surface area contributed by atoms with E-state index in [1.807, 2.05) is 6.07 Å². The second-order valence-electron chi connectivity index (χ2n) is 5.96. The van der Waals surface area contributed by atoms with Crippen LogP contribution in [0.4, 0.5) is 4.79 Å². The van der Waals surface area contributed by atoms with Crippen molar-refractivity contribution in [3.63, 3.8) is 0 Å². The summed E-state index contributed by atoms with van der Waals surface area (Å²) < 4.78 is 20.5. The van der Waals surface area contributed by atoms with Crippen LogP contribution in [0.1, 0.15) is 21.9 Å². The van der Waals surface area contributed by atoms with Crippen molar-refractivity contribution in [2.75, 3.05) is 20.8 Å². The number of furan rings is 1. The molecule has 1 aliphatic rings. The number of carbonyl (C=O) groups excluding carboxylic acids is 3. The topological polar surface area (TPSA) is 131 Å². The molecule has 30 heavy (non-hydrogen) atoms. The summed E-state index contributed by atoms with van der Waals surface area (Å²) in [7, 11) is 2.66. The number of carbonyl (C=O) groups is 3. The molecule has 1 fully saturated rings. The van der Waals surface area contributed by atoms with Crippen molar-refractivity contribution in [1.29, 1.82) is 5.26 Å². The number of urea groups is 1. The number of amides is 3. The number of esters is 1. The maximum Gasteiger partial charge on any atom is 0.373 e. The van der Waals surface area contributed by atoms with E-state index in [1.165, 1.54) is 32.4 Å². The van der Waals surface area contributed by atoms with E-state index in [9.17, 15) is 14.4 Å². The van der Waals surface area contributed by atoms with Crippen molar-refractivity contribution in [3.05, 3.63) is 53.1 Å². The first-order valence-electron chi connectivity index (χ1n) is 8.66. The molecule has 1 N–H and O–H groups in total. The third-order valence-electron chi connectivity index (χ3n) is 4.13. The first-order valence-corrected chi connectivity index (χ1v) is 8.66. The van der Waals surface area contributed by atoms with E-state index in [2.05, 4.69) is 10.1 Å². The molecule has 10 heteroatoms. The largest absolute Gasteiger partial charge is 0.493 e. The highest BCUT2D eigenvalue weighted by Crippen LogP contribution is 2.33. The lowest BCUT2D eigenvalue weighted by molar-refractivity contribution is -0.123. The Hall–Kier alpha value is -4.26. The van der Waals surface area contributed by atoms with E-state index in [1.54, 1.807) is 18.2 Å². The summed E-state index contributed by atoms with van der Waals surface area (Å²) in [4.78, 5) is 37.4. The Kier molecular flexibility index (Phi) is 6.03. The fraction of sp³-hybridized carbons (Fsp3) is 0.200. The molecule has 0 aliphatic carbocycles. The number of hydrogen-bond acceptors (Lipinski definition) is 8. The standard InChI is InChI=1S/C20H17N3O7/c1-27-15-5-3-4-12(17(15)29-9-8-21)10-14-18(24)23(20(26)22-14)11-13-6-7-16(30-13)19(25)28-2/h3-7,10H,9,11H2,1-2H3,(H,22,26)/b14-10-. The van der Waals surface area contributed by atoms with Gasteiger partial charge in [0.25, 0.3) is 5.91 Å². The van der Waals surface area contributed by atoms with Crippen LogP contribution >= 0.6 is 0 Å². The fourth-order valence-corrected chi connectivity index (χ4v) is 2.77. The SMILES string of the molecule is COC(=O)c1ccc(CN2C(=O)N/C(=C\c3cccc(OC)c3OCC#N)C2=O)o1. The lowest BCUT2D eigenvalue weighted by Crippen LogP contribution is -2.30. The Morgan fingerprint density at radius 3 is 2.77 bits per heavy atom. The maximum atomic E-state index is 12.7. The quantitative estimate of drug-likeness (QED) is 0.416. The van der Waals surface area contributed by atoms with Crippen molar-refractivity contribution in [2.24, 2.45) is 0 Å². The number of rotatable bonds is 7. The normalized spacial score (nSPS) is 14.4. The Morgan fingerprint density at radius 1 is 1.27 bits per heavy atom. The summed E-state index contributed by atoms with van der Waals surface area (Å²) in [6.45, 7) is -0.390. The zero-order chi connectivity index (χ0) is 21.7. The van der Waals surface area contributed by atoms with Gasteiger partial charge in [-0.3, -0.25) is 9.69 Å². The molecule has 3 rings (SSSR count). The minimum atomic E-state index is -0.665. The Bertz CT molecular complexity index is 1060. The summed E-state index contributed by atoms with van der Waals surface area (Å²) in [5.74, 6) is -0.417. The van der Waals surface area contributed by atoms with E-state index in [0.29, 0.717) is 11.3 Å². The molecule has 10 nitrogen and oxygen atoms in total. The number of imide groups is 1. The van der Waals surface area contributed by atoms with Gasteiger partial charge in [0.15, 0.2) is 18.1 Å². The Labute approximate surface area is 171 Å². The molecule has 2 aromatic rings. The number of hydrogen-bond donors (Lipinski definition) is 1. The molecule has 154 valence electrons. The van der Waals surface area contributed by atoms with Crippen LogP contribution in [0, 0.1) is 11.3 Å². The first-order chi connectivity index (χ1) is 14.5. The molecule has 0 atom stereocenters. The lowest BCUT2D eigenvalue weighted by atomic mass is 10.1. The van der Waals surface area contributed by atoms with Crippen molar-refractivity contribution in [3.8, 4) is 17.6 Å². The fourth-order valence-electron chi connectivity index (χ4n) is 2.77. The number of methoxy groups -OCH3 is 2. The van der Waals surface area contributed by atoms with Crippen molar-refractivity contribution in [1.82, 2.24) is 10.2 Å². The minimum Gasteiger partial charge on any atom is -0.493 e. The number of nitriles is 1. The number of benzene rings is 1. The molecular formula is C20H17N3O7. The number of nitrogens with zero attached hydrogens (tertiary/aromatic N) is 2. The van der Waals surface area contributed by atoms with Gasteiger partial charge in [0.1, 0.15) is 17.5 Å². The van der Waals surface area contributed by atoms with Crippen LogP contribution in [0.5, 0.6) is 11.5 Å². The van der Waals surface area contributed by atoms with Crippen molar-refractivity contribution >= 4 is 24.0 Å². The zero-order valence-corrected chi connectivity index (χ0v) is 16.1. The van der Waals surface area contributed by atoms with E-state index < -0.39 is 17.9 Å². The summed E-state index contributed by atoms with van der Waals surface area (Å²) in [6.07, 6.45) is 1.43. The molecule has 1 saturated heterocycles. The summed E-state index contributed by atoms with van der Waals surface area (Å²) in [5.41, 5.74) is 0.455. The summed E-state index contributed by atoms with van der Waals surface area (Å²) in [6, 6.07) is 9.07. The third kappa shape index (κ3) is 4.10. The zero-order valence-electron chi connectivity index (χ0n) is 16.1. The molecule has 1 aromatic carbocycles. The molecule has 0 unspecified atom stereocenters. The molecular weight excluding hydrogens is 394 g/mol. The second kappa shape index (κ2) is 8.83. The molecule has 0 bridgehead atoms. The minimum absolute atomic E-state index is 0.00908. The molecule has 1 aliphatic heterocycles. The molecule has 3 amide bonds. The van der Waals surface area contributed by atoms with Gasteiger partial charge in [-0.2, -0.15) is 5.26 Å². The van der Waals surface area contributed by atoms with Crippen molar-refractivity contribution < 1.29 is 33.0 Å². The van der Waals surface area contributed by atoms with Crippen LogP contribution in [0.25, 0.3) is 6.08 Å². The molecule has 0 saturated carbocycles. The third-order valence-corrected chi connectivity index (χ3v) is 4.13. The van der Waals surface area contributed by atoms with Gasteiger partial charge in [0, 0.05) is 5.56 Å². The predicted molar refractivity (Wildman–Crippen MR) is 101 cm³/mol. The van der Waals surface area contributed by atoms with Gasteiger partial charge in [0.2, 0.25) is 5.76 Å². The number of para-hydroxylation sites is 1. The molecule has 0 radical (unpaired) electrons. The predicted octanol–water partition coefficient (Wildman–Crippen LogP) is 2.07. The van der Waals surface area contributed by atoms with E-state index >= 15 is 0 Å². The van der Waals surface area contributed by atoms with Crippen LogP contribution < -0.4 is 14.8 Å². The summed E-state index contributed by atoms with van der Waals surface area (Å²) in [5, 5.41) is 11.3. The van der Waals surface area contributed by atoms with Crippen LogP contribution in [0.3, 0.4) is 0 Å². The van der Waals surface area contributed by atoms with Crippen LogP contribution in [-0.2, 0) is 16.1 Å². The van der Waals surface area contributed by atoms with Gasteiger partial charge in [-0.1, -0.05) is 12.1 Å². The number of nitrogens with one attached hydrogen (secondary N) is 1. The average molecular weight is 411 g/mol. The van der Waals surface area contributed by atoms with Gasteiger partial charge in [-0.05, 0) is 24.3 Å². The number of ether oxygens (including phenoxy) is 3. The van der Waals surface area contributed by atoms with E-state index in [0.717, 1.165) is 4.90 Å². The van der Waals surface area contributed by atoms with Gasteiger partial charge in [-0.15, -0.1) is 0 Å². The Balaban J connectivity index is 1.84. The second-order valence-corrected chi connectivity index (χ2v) is 5.96. The molecule has 2 heterocycles. The highest BCUT2D eigenvalue weighted by Gasteiger charge is 2.34. The summed E-state index contributed by atoms with van der Waals surface area (Å²) >= 11 is 0. The lowest BCUT2D eigenvalue weighted by Gasteiger charge is -2.11. The highest BCUT2D eigenvalue weighted by atomic mass is 16.5. The van der Waals surface area contributed by atoms with E-state index in [-0.39, 0.29) is 36.1 Å². The monoisotopic (exact) mass is 411 g/mol. The van der Waals surface area contributed by atoms with Crippen LogP contribution in [-0.4, -0.2) is 43.6 Å². The van der Waals surface area contributed by atoms with Gasteiger partial charge < -0.3 is 23.9 Å². The maximum absolute atomic E-state index is 12.7. The average Bonchev–Trinajstić information content (AvgIpc) is 3.32.